The Bertz CT molecular complexity index is 883. The fraction of sp³-hybridized carbons (Fsp3) is 0.476. The molecule has 0 aliphatic carbocycles. The van der Waals surface area contributed by atoms with Crippen molar-refractivity contribution in [3.63, 3.8) is 0 Å². The zero-order chi connectivity index (χ0) is 20.1. The fourth-order valence-corrected chi connectivity index (χ4v) is 5.33. The van der Waals surface area contributed by atoms with Gasteiger partial charge in [-0.05, 0) is 25.3 Å². The van der Waals surface area contributed by atoms with Crippen LogP contribution in [-0.2, 0) is 28.9 Å². The third-order valence-electron chi connectivity index (χ3n) is 4.60. The Kier molecular flexibility index (Phi) is 7.24. The van der Waals surface area contributed by atoms with Crippen LogP contribution in [0.4, 0.5) is 0 Å². The van der Waals surface area contributed by atoms with Crippen LogP contribution in [0.25, 0.3) is 0 Å². The van der Waals surface area contributed by atoms with E-state index in [4.69, 9.17) is 9.72 Å². The van der Waals surface area contributed by atoms with Crippen molar-refractivity contribution in [2.45, 2.75) is 67.1 Å². The third kappa shape index (κ3) is 4.81. The van der Waals surface area contributed by atoms with E-state index in [-0.39, 0.29) is 16.8 Å². The van der Waals surface area contributed by atoms with E-state index in [9.17, 15) is 9.59 Å². The largest absolute Gasteiger partial charge is 0.465 e. The zero-order valence-corrected chi connectivity index (χ0v) is 18.1. The van der Waals surface area contributed by atoms with Gasteiger partial charge in [0.05, 0.1) is 17.2 Å². The van der Waals surface area contributed by atoms with Gasteiger partial charge in [0.25, 0.3) is 5.56 Å². The van der Waals surface area contributed by atoms with Crippen molar-refractivity contribution in [3.05, 3.63) is 51.9 Å². The smallest absolute Gasteiger partial charge is 0.319 e. The standard InChI is InChI=1S/C21H26N2O3S2/c1-4-17(20(25)26-5-2)28-21-22-16-13-14(3)27-18(16)19(24)23(21)12-11-15-9-7-6-8-10-15/h6-10,14,17H,4-5,11-13H2,1-3H3/t14-,17+/m0/s1. The minimum absolute atomic E-state index is 0.0106. The molecule has 0 bridgehead atoms. The number of rotatable bonds is 8. The minimum Gasteiger partial charge on any atom is -0.465 e. The lowest BCUT2D eigenvalue weighted by molar-refractivity contribution is -0.142. The van der Waals surface area contributed by atoms with Crippen LogP contribution in [0.1, 0.15) is 38.4 Å². The van der Waals surface area contributed by atoms with E-state index in [1.54, 1.807) is 23.3 Å². The first-order valence-corrected chi connectivity index (χ1v) is 11.5. The molecule has 0 unspecified atom stereocenters. The number of carbonyl (C=O) groups excluding carboxylic acids is 1. The Balaban J connectivity index is 1.92. The molecule has 2 aromatic rings. The molecule has 28 heavy (non-hydrogen) atoms. The molecule has 1 aliphatic heterocycles. The molecule has 0 radical (unpaired) electrons. The second-order valence-electron chi connectivity index (χ2n) is 6.76. The molecule has 0 spiro atoms. The Morgan fingerprint density at radius 3 is 2.79 bits per heavy atom. The van der Waals surface area contributed by atoms with Crippen molar-refractivity contribution < 1.29 is 9.53 Å². The molecule has 0 saturated carbocycles. The highest BCUT2D eigenvalue weighted by Crippen LogP contribution is 2.35. The molecular formula is C21H26N2O3S2. The van der Waals surface area contributed by atoms with Gasteiger partial charge in [-0.3, -0.25) is 14.2 Å². The van der Waals surface area contributed by atoms with Gasteiger partial charge in [0, 0.05) is 18.2 Å². The van der Waals surface area contributed by atoms with Gasteiger partial charge in [-0.25, -0.2) is 4.98 Å². The lowest BCUT2D eigenvalue weighted by Gasteiger charge is -2.17. The predicted octanol–water partition coefficient (Wildman–Crippen LogP) is 3.96. The molecular weight excluding hydrogens is 392 g/mol. The van der Waals surface area contributed by atoms with E-state index in [0.717, 1.165) is 23.4 Å². The summed E-state index contributed by atoms with van der Waals surface area (Å²) in [6.45, 7) is 6.76. The van der Waals surface area contributed by atoms with Gasteiger partial charge < -0.3 is 4.74 Å². The molecule has 7 heteroatoms. The zero-order valence-electron chi connectivity index (χ0n) is 16.5. The van der Waals surface area contributed by atoms with E-state index in [2.05, 4.69) is 19.1 Å². The first kappa shape index (κ1) is 21.0. The maximum Gasteiger partial charge on any atom is 0.319 e. The van der Waals surface area contributed by atoms with Crippen LogP contribution in [0, 0.1) is 0 Å². The van der Waals surface area contributed by atoms with Crippen molar-refractivity contribution >= 4 is 29.5 Å². The van der Waals surface area contributed by atoms with Gasteiger partial charge in [0.1, 0.15) is 5.25 Å². The van der Waals surface area contributed by atoms with Crippen LogP contribution in [0.15, 0.2) is 45.2 Å². The number of benzene rings is 1. The van der Waals surface area contributed by atoms with Gasteiger partial charge in [-0.15, -0.1) is 11.8 Å². The lowest BCUT2D eigenvalue weighted by atomic mass is 10.1. The highest BCUT2D eigenvalue weighted by molar-refractivity contribution is 8.00. The van der Waals surface area contributed by atoms with Gasteiger partial charge in [0.15, 0.2) is 5.16 Å². The second-order valence-corrected chi connectivity index (χ2v) is 9.38. The maximum absolute atomic E-state index is 13.2. The topological polar surface area (TPSA) is 61.2 Å². The number of hydrogen-bond acceptors (Lipinski definition) is 6. The summed E-state index contributed by atoms with van der Waals surface area (Å²) in [5, 5.41) is 0.610. The van der Waals surface area contributed by atoms with E-state index in [1.165, 1.54) is 17.3 Å². The summed E-state index contributed by atoms with van der Waals surface area (Å²) >= 11 is 2.95. The van der Waals surface area contributed by atoms with Crippen LogP contribution >= 0.6 is 23.5 Å². The Labute approximate surface area is 174 Å². The first-order valence-electron chi connectivity index (χ1n) is 9.71. The average Bonchev–Trinajstić information content (AvgIpc) is 3.07. The summed E-state index contributed by atoms with van der Waals surface area (Å²) in [6.07, 6.45) is 2.16. The monoisotopic (exact) mass is 418 g/mol. The summed E-state index contributed by atoms with van der Waals surface area (Å²) in [6, 6.07) is 10.1. The normalized spacial score (nSPS) is 16.6. The minimum atomic E-state index is -0.362. The molecule has 5 nitrogen and oxygen atoms in total. The molecule has 150 valence electrons. The highest BCUT2D eigenvalue weighted by Gasteiger charge is 2.28. The van der Waals surface area contributed by atoms with Crippen LogP contribution in [-0.4, -0.2) is 32.6 Å². The number of aromatic nitrogens is 2. The van der Waals surface area contributed by atoms with E-state index in [0.29, 0.717) is 30.0 Å². The molecule has 1 aliphatic rings. The van der Waals surface area contributed by atoms with Crippen molar-refractivity contribution in [3.8, 4) is 0 Å². The molecule has 2 heterocycles. The van der Waals surface area contributed by atoms with Crippen molar-refractivity contribution in [2.24, 2.45) is 0 Å². The molecule has 0 saturated heterocycles. The van der Waals surface area contributed by atoms with E-state index < -0.39 is 0 Å². The van der Waals surface area contributed by atoms with Crippen LogP contribution in [0.2, 0.25) is 0 Å². The maximum atomic E-state index is 13.2. The summed E-state index contributed by atoms with van der Waals surface area (Å²) in [5.41, 5.74) is 2.04. The summed E-state index contributed by atoms with van der Waals surface area (Å²) in [7, 11) is 0. The number of aryl methyl sites for hydroxylation is 1. The highest BCUT2D eigenvalue weighted by atomic mass is 32.2. The molecule has 0 N–H and O–H groups in total. The molecule has 0 fully saturated rings. The molecule has 3 rings (SSSR count). The molecule has 1 aromatic heterocycles. The molecule has 0 amide bonds. The number of nitrogens with zero attached hydrogens (tertiary/aromatic N) is 2. The number of hydrogen-bond donors (Lipinski definition) is 0. The van der Waals surface area contributed by atoms with Gasteiger partial charge in [-0.1, -0.05) is 55.9 Å². The Morgan fingerprint density at radius 1 is 1.36 bits per heavy atom. The molecule has 1 aromatic carbocycles. The van der Waals surface area contributed by atoms with E-state index >= 15 is 0 Å². The summed E-state index contributed by atoms with van der Waals surface area (Å²) in [5.74, 6) is -0.248. The number of fused-ring (bicyclic) bond motifs is 1. The van der Waals surface area contributed by atoms with Gasteiger partial charge in [0.2, 0.25) is 0 Å². The summed E-state index contributed by atoms with van der Waals surface area (Å²) < 4.78 is 6.94. The Morgan fingerprint density at radius 2 is 2.11 bits per heavy atom. The predicted molar refractivity (Wildman–Crippen MR) is 114 cm³/mol. The Hall–Kier alpha value is -1.73. The lowest BCUT2D eigenvalue weighted by Crippen LogP contribution is -2.28. The number of esters is 1. The fourth-order valence-electron chi connectivity index (χ4n) is 3.16. The van der Waals surface area contributed by atoms with Crippen LogP contribution in [0.3, 0.4) is 0 Å². The average molecular weight is 419 g/mol. The number of ether oxygens (including phenoxy) is 1. The third-order valence-corrected chi connectivity index (χ3v) is 7.15. The number of thioether (sulfide) groups is 2. The summed E-state index contributed by atoms with van der Waals surface area (Å²) in [4.78, 5) is 31.0. The second kappa shape index (κ2) is 9.65. The van der Waals surface area contributed by atoms with Crippen molar-refractivity contribution in [1.29, 1.82) is 0 Å². The van der Waals surface area contributed by atoms with Gasteiger partial charge in [-0.2, -0.15) is 0 Å². The van der Waals surface area contributed by atoms with Crippen LogP contribution in [0.5, 0.6) is 0 Å². The van der Waals surface area contributed by atoms with Crippen molar-refractivity contribution in [2.75, 3.05) is 6.61 Å². The van der Waals surface area contributed by atoms with Crippen LogP contribution < -0.4 is 5.56 Å². The quantitative estimate of drug-likeness (QED) is 0.367. The molecule has 2 atom stereocenters. The number of carbonyl (C=O) groups is 1. The van der Waals surface area contributed by atoms with E-state index in [1.807, 2.05) is 25.1 Å². The van der Waals surface area contributed by atoms with Crippen molar-refractivity contribution in [1.82, 2.24) is 9.55 Å². The van der Waals surface area contributed by atoms with Gasteiger partial charge >= 0.3 is 5.97 Å². The first-order chi connectivity index (χ1) is 13.5. The SMILES string of the molecule is CCOC(=O)[C@@H](CC)Sc1nc2c(c(=O)n1CCc1ccccc1)S[C@@H](C)C2.